The first-order valence-corrected chi connectivity index (χ1v) is 6.68. The lowest BCUT2D eigenvalue weighted by atomic mass is 9.93. The Morgan fingerprint density at radius 1 is 1.28 bits per heavy atom. The monoisotopic (exact) mass is 250 g/mol. The molecule has 0 saturated heterocycles. The van der Waals surface area contributed by atoms with E-state index >= 15 is 0 Å². The number of nitrogens with zero attached hydrogens (tertiary/aromatic N) is 1. The second-order valence-corrected chi connectivity index (χ2v) is 5.71. The van der Waals surface area contributed by atoms with Crippen LogP contribution < -0.4 is 5.73 Å². The SMILES string of the molecule is CCCN(Cc1ccccc1O)CC(C)(C)CN. The summed E-state index contributed by atoms with van der Waals surface area (Å²) in [6, 6.07) is 7.54. The Labute approximate surface area is 111 Å². The summed E-state index contributed by atoms with van der Waals surface area (Å²) >= 11 is 0. The van der Waals surface area contributed by atoms with Crippen LogP contribution in [0.1, 0.15) is 32.8 Å². The van der Waals surface area contributed by atoms with Gasteiger partial charge in [0.2, 0.25) is 0 Å². The fourth-order valence-corrected chi connectivity index (χ4v) is 2.09. The van der Waals surface area contributed by atoms with E-state index in [1.54, 1.807) is 6.07 Å². The Hall–Kier alpha value is -1.06. The largest absolute Gasteiger partial charge is 0.508 e. The zero-order valence-corrected chi connectivity index (χ0v) is 11.8. The summed E-state index contributed by atoms with van der Waals surface area (Å²) in [5, 5.41) is 9.83. The molecule has 0 bridgehead atoms. The van der Waals surface area contributed by atoms with E-state index in [0.717, 1.165) is 31.6 Å². The fraction of sp³-hybridized carbons (Fsp3) is 0.600. The molecule has 3 N–H and O–H groups in total. The summed E-state index contributed by atoms with van der Waals surface area (Å²) in [5.41, 5.74) is 6.89. The fourth-order valence-electron chi connectivity index (χ4n) is 2.09. The van der Waals surface area contributed by atoms with E-state index in [0.29, 0.717) is 12.3 Å². The number of hydrogen-bond donors (Lipinski definition) is 2. The molecule has 0 atom stereocenters. The Bertz CT molecular complexity index is 363. The van der Waals surface area contributed by atoms with Crippen LogP contribution >= 0.6 is 0 Å². The van der Waals surface area contributed by atoms with Gasteiger partial charge in [0.25, 0.3) is 0 Å². The first-order valence-electron chi connectivity index (χ1n) is 6.68. The molecule has 0 spiro atoms. The molecule has 0 heterocycles. The smallest absolute Gasteiger partial charge is 0.120 e. The van der Waals surface area contributed by atoms with Crippen LogP contribution in [0.5, 0.6) is 5.75 Å². The molecule has 0 aliphatic heterocycles. The van der Waals surface area contributed by atoms with Crippen LogP contribution in [0.3, 0.4) is 0 Å². The van der Waals surface area contributed by atoms with Gasteiger partial charge in [0.05, 0.1) is 0 Å². The molecule has 3 heteroatoms. The van der Waals surface area contributed by atoms with E-state index in [4.69, 9.17) is 5.73 Å². The first kappa shape index (κ1) is 15.0. The Balaban J connectivity index is 2.72. The summed E-state index contributed by atoms with van der Waals surface area (Å²) in [6.07, 6.45) is 1.11. The lowest BCUT2D eigenvalue weighted by Gasteiger charge is -2.31. The van der Waals surface area contributed by atoms with Gasteiger partial charge in [0.15, 0.2) is 0 Å². The van der Waals surface area contributed by atoms with Gasteiger partial charge in [-0.15, -0.1) is 0 Å². The quantitative estimate of drug-likeness (QED) is 0.782. The molecule has 0 saturated carbocycles. The van der Waals surface area contributed by atoms with Gasteiger partial charge in [-0.2, -0.15) is 0 Å². The van der Waals surface area contributed by atoms with Crippen molar-refractivity contribution in [1.29, 1.82) is 0 Å². The number of nitrogens with two attached hydrogens (primary N) is 1. The van der Waals surface area contributed by atoms with Crippen LogP contribution in [0.15, 0.2) is 24.3 Å². The van der Waals surface area contributed by atoms with E-state index in [1.807, 2.05) is 18.2 Å². The molecule has 0 fully saturated rings. The van der Waals surface area contributed by atoms with E-state index in [-0.39, 0.29) is 5.41 Å². The van der Waals surface area contributed by atoms with Crippen molar-refractivity contribution < 1.29 is 5.11 Å². The van der Waals surface area contributed by atoms with Crippen molar-refractivity contribution in [3.05, 3.63) is 29.8 Å². The van der Waals surface area contributed by atoms with Gasteiger partial charge in [-0.1, -0.05) is 39.0 Å². The first-order chi connectivity index (χ1) is 8.48. The van der Waals surface area contributed by atoms with Crippen molar-refractivity contribution in [2.24, 2.45) is 11.1 Å². The minimum Gasteiger partial charge on any atom is -0.508 e. The third kappa shape index (κ3) is 4.67. The third-order valence-corrected chi connectivity index (χ3v) is 3.13. The highest BCUT2D eigenvalue weighted by atomic mass is 16.3. The van der Waals surface area contributed by atoms with Gasteiger partial charge < -0.3 is 10.8 Å². The van der Waals surface area contributed by atoms with Crippen molar-refractivity contribution in [2.45, 2.75) is 33.7 Å². The molecule has 1 aromatic carbocycles. The van der Waals surface area contributed by atoms with Crippen molar-refractivity contribution in [3.8, 4) is 5.75 Å². The van der Waals surface area contributed by atoms with Gasteiger partial charge in [-0.3, -0.25) is 4.90 Å². The average Bonchev–Trinajstić information content (AvgIpc) is 2.32. The van der Waals surface area contributed by atoms with Crippen molar-refractivity contribution >= 4 is 0 Å². The highest BCUT2D eigenvalue weighted by molar-refractivity contribution is 5.31. The molecule has 0 aliphatic rings. The maximum atomic E-state index is 9.83. The second kappa shape index (κ2) is 6.76. The molecule has 0 aromatic heterocycles. The molecule has 0 amide bonds. The summed E-state index contributed by atoms with van der Waals surface area (Å²) in [6.45, 7) is 9.97. The Morgan fingerprint density at radius 3 is 2.50 bits per heavy atom. The highest BCUT2D eigenvalue weighted by Gasteiger charge is 2.20. The minimum absolute atomic E-state index is 0.111. The summed E-state index contributed by atoms with van der Waals surface area (Å²) < 4.78 is 0. The maximum absolute atomic E-state index is 9.83. The maximum Gasteiger partial charge on any atom is 0.120 e. The van der Waals surface area contributed by atoms with Gasteiger partial charge >= 0.3 is 0 Å². The van der Waals surface area contributed by atoms with E-state index in [1.165, 1.54) is 0 Å². The Kier molecular flexibility index (Phi) is 5.63. The van der Waals surface area contributed by atoms with Crippen LogP contribution in [0.2, 0.25) is 0 Å². The number of benzene rings is 1. The lowest BCUT2D eigenvalue weighted by Crippen LogP contribution is -2.38. The summed E-state index contributed by atoms with van der Waals surface area (Å²) in [4.78, 5) is 2.36. The molecular weight excluding hydrogens is 224 g/mol. The van der Waals surface area contributed by atoms with Crippen LogP contribution in [0, 0.1) is 5.41 Å². The zero-order chi connectivity index (χ0) is 13.6. The second-order valence-electron chi connectivity index (χ2n) is 5.71. The molecule has 18 heavy (non-hydrogen) atoms. The Morgan fingerprint density at radius 2 is 1.94 bits per heavy atom. The average molecular weight is 250 g/mol. The van der Waals surface area contributed by atoms with Gasteiger partial charge in [-0.05, 0) is 31.0 Å². The summed E-state index contributed by atoms with van der Waals surface area (Å²) in [5.74, 6) is 0.379. The topological polar surface area (TPSA) is 49.5 Å². The van der Waals surface area contributed by atoms with Crippen LogP contribution in [-0.2, 0) is 6.54 Å². The molecule has 1 rings (SSSR count). The molecule has 3 nitrogen and oxygen atoms in total. The highest BCUT2D eigenvalue weighted by Crippen LogP contribution is 2.21. The molecule has 0 unspecified atom stereocenters. The number of para-hydroxylation sites is 1. The van der Waals surface area contributed by atoms with Gasteiger partial charge in [0, 0.05) is 18.7 Å². The molecule has 1 aromatic rings. The lowest BCUT2D eigenvalue weighted by molar-refractivity contribution is 0.174. The van der Waals surface area contributed by atoms with E-state index < -0.39 is 0 Å². The number of phenols is 1. The van der Waals surface area contributed by atoms with Gasteiger partial charge in [0.1, 0.15) is 5.75 Å². The normalized spacial score (nSPS) is 12.1. The van der Waals surface area contributed by atoms with E-state index in [2.05, 4.69) is 25.7 Å². The standard InChI is InChI=1S/C15H26N2O/c1-4-9-17(12-15(2,3)11-16)10-13-7-5-6-8-14(13)18/h5-8,18H,4,9-12,16H2,1-3H3. The van der Waals surface area contributed by atoms with E-state index in [9.17, 15) is 5.11 Å². The summed E-state index contributed by atoms with van der Waals surface area (Å²) in [7, 11) is 0. The van der Waals surface area contributed by atoms with Crippen LogP contribution in [0.25, 0.3) is 0 Å². The molecule has 0 aliphatic carbocycles. The van der Waals surface area contributed by atoms with Crippen LogP contribution in [0.4, 0.5) is 0 Å². The molecule has 102 valence electrons. The third-order valence-electron chi connectivity index (χ3n) is 3.13. The van der Waals surface area contributed by atoms with Crippen molar-refractivity contribution in [3.63, 3.8) is 0 Å². The predicted molar refractivity (Wildman–Crippen MR) is 76.5 cm³/mol. The van der Waals surface area contributed by atoms with Gasteiger partial charge in [-0.25, -0.2) is 0 Å². The van der Waals surface area contributed by atoms with Crippen LogP contribution in [-0.4, -0.2) is 29.6 Å². The molecular formula is C15H26N2O. The predicted octanol–water partition coefficient (Wildman–Crippen LogP) is 2.59. The number of rotatable bonds is 7. The minimum atomic E-state index is 0.111. The number of phenolic OH excluding ortho intramolecular Hbond substituents is 1. The number of aromatic hydroxyl groups is 1. The number of hydrogen-bond acceptors (Lipinski definition) is 3. The van der Waals surface area contributed by atoms with Crippen molar-refractivity contribution in [2.75, 3.05) is 19.6 Å². The van der Waals surface area contributed by atoms with Crippen molar-refractivity contribution in [1.82, 2.24) is 4.90 Å². The zero-order valence-electron chi connectivity index (χ0n) is 11.8. The molecule has 0 radical (unpaired) electrons.